The molecular formula is C17H13N3O. The molecule has 4 nitrogen and oxygen atoms in total. The second-order valence-electron chi connectivity index (χ2n) is 5.19. The van der Waals surface area contributed by atoms with Gasteiger partial charge in [0.25, 0.3) is 0 Å². The lowest BCUT2D eigenvalue weighted by Crippen LogP contribution is -2.06. The molecule has 0 aliphatic carbocycles. The molecule has 0 N–H and O–H groups in total. The average molecular weight is 275 g/mol. The van der Waals surface area contributed by atoms with Gasteiger partial charge in [-0.2, -0.15) is 0 Å². The van der Waals surface area contributed by atoms with E-state index < -0.39 is 0 Å². The maximum atomic E-state index is 11.6. The van der Waals surface area contributed by atoms with Gasteiger partial charge in [0.2, 0.25) is 0 Å². The van der Waals surface area contributed by atoms with Gasteiger partial charge in [0.05, 0.1) is 23.1 Å². The minimum atomic E-state index is 0.104. The van der Waals surface area contributed by atoms with Gasteiger partial charge in [-0.05, 0) is 25.1 Å². The van der Waals surface area contributed by atoms with E-state index in [0.29, 0.717) is 6.54 Å². The highest BCUT2D eigenvalue weighted by Gasteiger charge is 2.14. The van der Waals surface area contributed by atoms with Crippen LogP contribution in [0.25, 0.3) is 33.1 Å². The molecule has 21 heavy (non-hydrogen) atoms. The topological polar surface area (TPSA) is 47.8 Å². The third kappa shape index (κ3) is 1.80. The maximum absolute atomic E-state index is 11.6. The Bertz CT molecular complexity index is 1000. The fourth-order valence-corrected chi connectivity index (χ4v) is 2.77. The van der Waals surface area contributed by atoms with Crippen LogP contribution in [0.5, 0.6) is 0 Å². The lowest BCUT2D eigenvalue weighted by Gasteiger charge is -2.03. The highest BCUT2D eigenvalue weighted by atomic mass is 16.1. The molecule has 0 radical (unpaired) electrons. The smallest absolute Gasteiger partial charge is 0.160 e. The highest BCUT2D eigenvalue weighted by molar-refractivity contribution is 6.07. The van der Waals surface area contributed by atoms with E-state index >= 15 is 0 Å². The van der Waals surface area contributed by atoms with Gasteiger partial charge in [-0.1, -0.05) is 30.3 Å². The molecule has 2 heterocycles. The van der Waals surface area contributed by atoms with Gasteiger partial charge in [-0.15, -0.1) is 0 Å². The zero-order valence-corrected chi connectivity index (χ0v) is 11.6. The fraction of sp³-hybridized carbons (Fsp3) is 0.118. The number of rotatable bonds is 2. The lowest BCUT2D eigenvalue weighted by atomic mass is 10.2. The molecule has 0 saturated heterocycles. The number of carbonyl (C=O) groups excluding carboxylic acids is 1. The van der Waals surface area contributed by atoms with E-state index in [-0.39, 0.29) is 5.78 Å². The number of nitrogens with zero attached hydrogens (tertiary/aromatic N) is 3. The molecule has 4 heteroatoms. The van der Waals surface area contributed by atoms with Crippen LogP contribution in [-0.2, 0) is 11.3 Å². The summed E-state index contributed by atoms with van der Waals surface area (Å²) in [5.41, 5.74) is 4.34. The van der Waals surface area contributed by atoms with Crippen LogP contribution in [0.3, 0.4) is 0 Å². The average Bonchev–Trinajstić information content (AvgIpc) is 2.79. The molecule has 0 bridgehead atoms. The number of benzene rings is 2. The van der Waals surface area contributed by atoms with Crippen LogP contribution in [0, 0.1) is 0 Å². The predicted molar refractivity (Wildman–Crippen MR) is 83.2 cm³/mol. The van der Waals surface area contributed by atoms with E-state index in [1.54, 1.807) is 6.92 Å². The molecular weight excluding hydrogens is 262 g/mol. The quantitative estimate of drug-likeness (QED) is 0.564. The molecule has 0 saturated carbocycles. The molecule has 0 spiro atoms. The first-order valence-corrected chi connectivity index (χ1v) is 6.87. The van der Waals surface area contributed by atoms with Gasteiger partial charge in [0, 0.05) is 5.39 Å². The number of hydrogen-bond donors (Lipinski definition) is 0. The molecule has 2 aromatic heterocycles. The van der Waals surface area contributed by atoms with E-state index in [2.05, 4.69) is 0 Å². The highest BCUT2D eigenvalue weighted by Crippen LogP contribution is 2.27. The number of hydrogen-bond acceptors (Lipinski definition) is 3. The van der Waals surface area contributed by atoms with E-state index in [4.69, 9.17) is 9.97 Å². The SMILES string of the molecule is CC(=O)Cn1c2ccccc2c2nc3ccccc3nc21. The summed E-state index contributed by atoms with van der Waals surface area (Å²) in [7, 11) is 0. The summed E-state index contributed by atoms with van der Waals surface area (Å²) in [6.07, 6.45) is 0. The Morgan fingerprint density at radius 2 is 1.67 bits per heavy atom. The van der Waals surface area contributed by atoms with Crippen molar-refractivity contribution < 1.29 is 4.79 Å². The number of ketones is 1. The summed E-state index contributed by atoms with van der Waals surface area (Å²) in [4.78, 5) is 21.0. The van der Waals surface area contributed by atoms with Crippen molar-refractivity contribution in [2.24, 2.45) is 0 Å². The molecule has 0 aliphatic heterocycles. The Morgan fingerprint density at radius 1 is 1.00 bits per heavy atom. The van der Waals surface area contributed by atoms with Crippen LogP contribution in [0.1, 0.15) is 6.92 Å². The van der Waals surface area contributed by atoms with Gasteiger partial charge in [-0.25, -0.2) is 9.97 Å². The zero-order chi connectivity index (χ0) is 14.4. The minimum Gasteiger partial charge on any atom is -0.316 e. The third-order valence-electron chi connectivity index (χ3n) is 3.64. The molecule has 0 amide bonds. The van der Waals surface area contributed by atoms with Gasteiger partial charge in [-0.3, -0.25) is 4.79 Å². The summed E-state index contributed by atoms with van der Waals surface area (Å²) in [5.74, 6) is 0.104. The van der Waals surface area contributed by atoms with Crippen molar-refractivity contribution in [1.29, 1.82) is 0 Å². The zero-order valence-electron chi connectivity index (χ0n) is 11.6. The van der Waals surface area contributed by atoms with Crippen LogP contribution in [0.15, 0.2) is 48.5 Å². The van der Waals surface area contributed by atoms with E-state index in [1.807, 2.05) is 53.1 Å². The van der Waals surface area contributed by atoms with Gasteiger partial charge in [0.1, 0.15) is 11.3 Å². The van der Waals surface area contributed by atoms with E-state index in [9.17, 15) is 4.79 Å². The molecule has 0 fully saturated rings. The minimum absolute atomic E-state index is 0.104. The molecule has 0 unspecified atom stereocenters. The number of carbonyl (C=O) groups is 1. The van der Waals surface area contributed by atoms with Gasteiger partial charge < -0.3 is 4.57 Å². The summed E-state index contributed by atoms with van der Waals surface area (Å²) in [6, 6.07) is 15.8. The molecule has 102 valence electrons. The summed E-state index contributed by atoms with van der Waals surface area (Å²) in [5, 5.41) is 1.03. The molecule has 0 aliphatic rings. The maximum Gasteiger partial charge on any atom is 0.160 e. The second kappa shape index (κ2) is 4.38. The third-order valence-corrected chi connectivity index (χ3v) is 3.64. The van der Waals surface area contributed by atoms with Crippen molar-refractivity contribution in [3.05, 3.63) is 48.5 Å². The lowest BCUT2D eigenvalue weighted by molar-refractivity contribution is -0.117. The van der Waals surface area contributed by atoms with Crippen LogP contribution >= 0.6 is 0 Å². The van der Waals surface area contributed by atoms with E-state index in [1.165, 1.54) is 0 Å². The van der Waals surface area contributed by atoms with Crippen molar-refractivity contribution in [3.63, 3.8) is 0 Å². The summed E-state index contributed by atoms with van der Waals surface area (Å²) in [6.45, 7) is 1.91. The van der Waals surface area contributed by atoms with Crippen LogP contribution in [-0.4, -0.2) is 20.3 Å². The normalized spacial score (nSPS) is 11.5. The Kier molecular flexibility index (Phi) is 2.51. The number of fused-ring (bicyclic) bond motifs is 4. The second-order valence-corrected chi connectivity index (χ2v) is 5.19. The Morgan fingerprint density at radius 3 is 2.43 bits per heavy atom. The van der Waals surface area contributed by atoms with Gasteiger partial charge in [0.15, 0.2) is 5.65 Å². The predicted octanol–water partition coefficient (Wildman–Crippen LogP) is 3.33. The van der Waals surface area contributed by atoms with Crippen molar-refractivity contribution in [1.82, 2.24) is 14.5 Å². The number of aromatic nitrogens is 3. The van der Waals surface area contributed by atoms with Crippen molar-refractivity contribution in [2.45, 2.75) is 13.5 Å². The van der Waals surface area contributed by atoms with Crippen molar-refractivity contribution in [2.75, 3.05) is 0 Å². The Labute approximate surface area is 121 Å². The Hall–Kier alpha value is -2.75. The first kappa shape index (κ1) is 12.0. The van der Waals surface area contributed by atoms with Crippen LogP contribution in [0.2, 0.25) is 0 Å². The number of para-hydroxylation sites is 3. The van der Waals surface area contributed by atoms with Crippen LogP contribution in [0.4, 0.5) is 0 Å². The fourth-order valence-electron chi connectivity index (χ4n) is 2.77. The molecule has 0 atom stereocenters. The van der Waals surface area contributed by atoms with E-state index in [0.717, 1.165) is 33.1 Å². The largest absolute Gasteiger partial charge is 0.316 e. The number of Topliss-reactive ketones (excluding diaryl/α,β-unsaturated/α-hetero) is 1. The van der Waals surface area contributed by atoms with Gasteiger partial charge >= 0.3 is 0 Å². The standard InChI is InChI=1S/C17H13N3O/c1-11(21)10-20-15-9-5-2-6-12(15)16-17(20)19-14-8-4-3-7-13(14)18-16/h2-9H,10H2,1H3. The molecule has 2 aromatic carbocycles. The van der Waals surface area contributed by atoms with Crippen molar-refractivity contribution in [3.8, 4) is 0 Å². The molecule has 4 rings (SSSR count). The summed E-state index contributed by atoms with van der Waals surface area (Å²) >= 11 is 0. The van der Waals surface area contributed by atoms with Crippen molar-refractivity contribution >= 4 is 38.9 Å². The monoisotopic (exact) mass is 275 g/mol. The first-order chi connectivity index (χ1) is 10.2. The Balaban J connectivity index is 2.20. The van der Waals surface area contributed by atoms with Crippen LogP contribution < -0.4 is 0 Å². The summed E-state index contributed by atoms with van der Waals surface area (Å²) < 4.78 is 1.95. The molecule has 4 aromatic rings. The first-order valence-electron chi connectivity index (χ1n) is 6.87.